The summed E-state index contributed by atoms with van der Waals surface area (Å²) >= 11 is 0. The highest BCUT2D eigenvalue weighted by molar-refractivity contribution is 5.83. The van der Waals surface area contributed by atoms with Gasteiger partial charge in [-0.15, -0.1) is 0 Å². The molecule has 14 heavy (non-hydrogen) atoms. The Morgan fingerprint density at radius 3 is 2.86 bits per heavy atom. The van der Waals surface area contributed by atoms with E-state index < -0.39 is 0 Å². The smallest absolute Gasteiger partial charge is 0.0568 e. The number of fused-ring (bicyclic) bond motifs is 1. The van der Waals surface area contributed by atoms with E-state index in [0.29, 0.717) is 6.04 Å². The molecular formula is C13H21N. The van der Waals surface area contributed by atoms with Crippen molar-refractivity contribution in [3.63, 3.8) is 0 Å². The Kier molecular flexibility index (Phi) is 2.76. The summed E-state index contributed by atoms with van der Waals surface area (Å²) in [6.07, 6.45) is 7.57. The van der Waals surface area contributed by atoms with Crippen LogP contribution in [0.3, 0.4) is 0 Å². The normalized spacial score (nSPS) is 36.8. The van der Waals surface area contributed by atoms with Gasteiger partial charge in [0.15, 0.2) is 0 Å². The molecule has 78 valence electrons. The van der Waals surface area contributed by atoms with Crippen LogP contribution in [0.2, 0.25) is 0 Å². The fourth-order valence-electron chi connectivity index (χ4n) is 2.87. The zero-order chi connectivity index (χ0) is 10.1. The van der Waals surface area contributed by atoms with Crippen LogP contribution in [0.15, 0.2) is 16.1 Å². The Hall–Kier alpha value is -0.590. The van der Waals surface area contributed by atoms with Crippen LogP contribution in [-0.4, -0.2) is 12.3 Å². The predicted molar refractivity (Wildman–Crippen MR) is 61.8 cm³/mol. The van der Waals surface area contributed by atoms with Crippen LogP contribution >= 0.6 is 0 Å². The summed E-state index contributed by atoms with van der Waals surface area (Å²) in [5, 5.41) is 0. The predicted octanol–water partition coefficient (Wildman–Crippen LogP) is 3.60. The number of aliphatic imine (C=N–C) groups is 1. The minimum Gasteiger partial charge on any atom is -0.289 e. The second-order valence-electron chi connectivity index (χ2n) is 5.18. The molecule has 1 heterocycles. The van der Waals surface area contributed by atoms with Gasteiger partial charge in [0.05, 0.1) is 6.04 Å². The Morgan fingerprint density at radius 2 is 2.14 bits per heavy atom. The number of hydrogen-bond acceptors (Lipinski definition) is 1. The number of allylic oxidation sites excluding steroid dienone is 1. The van der Waals surface area contributed by atoms with Crippen LogP contribution < -0.4 is 0 Å². The maximum atomic E-state index is 4.67. The third-order valence-corrected chi connectivity index (χ3v) is 3.70. The van der Waals surface area contributed by atoms with E-state index in [1.165, 1.54) is 36.8 Å². The number of nitrogens with zero attached hydrogens (tertiary/aromatic N) is 1. The van der Waals surface area contributed by atoms with Crippen molar-refractivity contribution in [2.24, 2.45) is 16.8 Å². The van der Waals surface area contributed by atoms with Gasteiger partial charge in [0, 0.05) is 12.1 Å². The summed E-state index contributed by atoms with van der Waals surface area (Å²) in [5.41, 5.74) is 3.00. The quantitative estimate of drug-likeness (QED) is 0.554. The van der Waals surface area contributed by atoms with E-state index in [1.807, 2.05) is 0 Å². The summed E-state index contributed by atoms with van der Waals surface area (Å²) in [6, 6.07) is 0.616. The van der Waals surface area contributed by atoms with Crippen molar-refractivity contribution in [3.8, 4) is 0 Å². The third-order valence-electron chi connectivity index (χ3n) is 3.70. The lowest BCUT2D eigenvalue weighted by Crippen LogP contribution is -2.16. The largest absolute Gasteiger partial charge is 0.289 e. The Balaban J connectivity index is 2.21. The molecule has 0 saturated heterocycles. The lowest BCUT2D eigenvalue weighted by atomic mass is 9.86. The first-order chi connectivity index (χ1) is 6.68. The lowest BCUT2D eigenvalue weighted by Gasteiger charge is -2.19. The van der Waals surface area contributed by atoms with E-state index in [-0.39, 0.29) is 0 Å². The van der Waals surface area contributed by atoms with Gasteiger partial charge in [0.1, 0.15) is 0 Å². The van der Waals surface area contributed by atoms with Gasteiger partial charge in [-0.1, -0.05) is 25.3 Å². The highest BCUT2D eigenvalue weighted by atomic mass is 14.8. The van der Waals surface area contributed by atoms with Gasteiger partial charge in [-0.3, -0.25) is 4.99 Å². The zero-order valence-corrected chi connectivity index (χ0v) is 9.59. The monoisotopic (exact) mass is 191 g/mol. The lowest BCUT2D eigenvalue weighted by molar-refractivity contribution is 0.427. The number of hydrogen-bond donors (Lipinski definition) is 0. The molecule has 0 aromatic rings. The molecule has 1 saturated carbocycles. The fraction of sp³-hybridized carbons (Fsp3) is 0.769. The van der Waals surface area contributed by atoms with E-state index in [2.05, 4.69) is 32.0 Å². The Bertz CT molecular complexity index is 271. The van der Waals surface area contributed by atoms with Crippen LogP contribution in [0.25, 0.3) is 0 Å². The van der Waals surface area contributed by atoms with Crippen molar-refractivity contribution in [3.05, 3.63) is 11.1 Å². The molecule has 3 unspecified atom stereocenters. The summed E-state index contributed by atoms with van der Waals surface area (Å²) in [5.74, 6) is 1.64. The number of rotatable bonds is 0. The summed E-state index contributed by atoms with van der Waals surface area (Å²) in [6.45, 7) is 6.84. The van der Waals surface area contributed by atoms with Crippen molar-refractivity contribution >= 4 is 6.21 Å². The van der Waals surface area contributed by atoms with Gasteiger partial charge < -0.3 is 0 Å². The maximum Gasteiger partial charge on any atom is 0.0568 e. The average Bonchev–Trinajstić information content (AvgIpc) is 2.41. The molecule has 0 spiro atoms. The highest BCUT2D eigenvalue weighted by Crippen LogP contribution is 2.37. The summed E-state index contributed by atoms with van der Waals surface area (Å²) in [7, 11) is 0. The maximum absolute atomic E-state index is 4.67. The topological polar surface area (TPSA) is 12.4 Å². The van der Waals surface area contributed by atoms with Crippen LogP contribution in [0.1, 0.15) is 46.5 Å². The van der Waals surface area contributed by atoms with Gasteiger partial charge in [0.25, 0.3) is 0 Å². The van der Waals surface area contributed by atoms with Crippen molar-refractivity contribution in [2.75, 3.05) is 0 Å². The van der Waals surface area contributed by atoms with Gasteiger partial charge >= 0.3 is 0 Å². The second kappa shape index (κ2) is 3.88. The molecule has 1 aliphatic carbocycles. The first-order valence-electron chi connectivity index (χ1n) is 5.89. The molecule has 2 rings (SSSR count). The van der Waals surface area contributed by atoms with E-state index >= 15 is 0 Å². The first-order valence-corrected chi connectivity index (χ1v) is 5.89. The Labute approximate surface area is 87.3 Å². The molecule has 0 bridgehead atoms. The Morgan fingerprint density at radius 1 is 1.36 bits per heavy atom. The average molecular weight is 191 g/mol. The zero-order valence-electron chi connectivity index (χ0n) is 9.59. The fourth-order valence-corrected chi connectivity index (χ4v) is 2.87. The minimum absolute atomic E-state index is 0.616. The van der Waals surface area contributed by atoms with Gasteiger partial charge in [-0.2, -0.15) is 0 Å². The van der Waals surface area contributed by atoms with Gasteiger partial charge in [-0.05, 0) is 38.2 Å². The van der Waals surface area contributed by atoms with Gasteiger partial charge in [-0.25, -0.2) is 0 Å². The molecule has 1 nitrogen and oxygen atoms in total. The summed E-state index contributed by atoms with van der Waals surface area (Å²) < 4.78 is 0. The molecule has 0 N–H and O–H groups in total. The van der Waals surface area contributed by atoms with Crippen molar-refractivity contribution in [1.82, 2.24) is 0 Å². The van der Waals surface area contributed by atoms with E-state index in [1.54, 1.807) is 0 Å². The molecular weight excluding hydrogens is 170 g/mol. The van der Waals surface area contributed by atoms with Crippen LogP contribution in [0, 0.1) is 11.8 Å². The van der Waals surface area contributed by atoms with E-state index in [0.717, 1.165) is 11.8 Å². The van der Waals surface area contributed by atoms with E-state index in [4.69, 9.17) is 0 Å². The second-order valence-corrected chi connectivity index (χ2v) is 5.18. The molecule has 2 aliphatic rings. The molecule has 0 amide bonds. The van der Waals surface area contributed by atoms with Crippen molar-refractivity contribution in [2.45, 2.75) is 52.5 Å². The molecule has 3 atom stereocenters. The van der Waals surface area contributed by atoms with E-state index in [9.17, 15) is 0 Å². The molecule has 1 heteroatoms. The molecule has 0 radical (unpaired) electrons. The van der Waals surface area contributed by atoms with Crippen LogP contribution in [0.5, 0.6) is 0 Å². The highest BCUT2D eigenvalue weighted by Gasteiger charge is 2.32. The standard InChI is InChI=1S/C13H21N/c1-9(2)12-8-14-13-6-4-5-10(3)7-11(12)13/h8,10-11,13H,4-7H2,1-3H3. The third kappa shape index (κ3) is 1.77. The van der Waals surface area contributed by atoms with Crippen LogP contribution in [0.4, 0.5) is 0 Å². The SMILES string of the molecule is CC(C)=C1C=NC2CCCC(C)CC12. The minimum atomic E-state index is 0.616. The van der Waals surface area contributed by atoms with Crippen molar-refractivity contribution < 1.29 is 0 Å². The molecule has 0 aromatic carbocycles. The van der Waals surface area contributed by atoms with Crippen LogP contribution in [-0.2, 0) is 0 Å². The van der Waals surface area contributed by atoms with Gasteiger partial charge in [0.2, 0.25) is 0 Å². The molecule has 0 aromatic heterocycles. The summed E-state index contributed by atoms with van der Waals surface area (Å²) in [4.78, 5) is 4.67. The van der Waals surface area contributed by atoms with Crippen molar-refractivity contribution in [1.29, 1.82) is 0 Å². The first kappa shape index (κ1) is 9.95. The molecule has 1 aliphatic heterocycles. The molecule has 1 fully saturated rings.